The van der Waals surface area contributed by atoms with Gasteiger partial charge < -0.3 is 15.2 Å². The van der Waals surface area contributed by atoms with Crippen LogP contribution in [0.15, 0.2) is 48.5 Å². The van der Waals surface area contributed by atoms with Crippen molar-refractivity contribution < 1.29 is 9.84 Å². The van der Waals surface area contributed by atoms with E-state index < -0.39 is 0 Å². The Kier molecular flexibility index (Phi) is 4.42. The van der Waals surface area contributed by atoms with Crippen molar-refractivity contribution in [3.8, 4) is 11.5 Å². The SMILES string of the molecule is COc1cccc([C@H](C)NCc2ccc(O)cc2)c1. The van der Waals surface area contributed by atoms with E-state index in [0.717, 1.165) is 17.9 Å². The summed E-state index contributed by atoms with van der Waals surface area (Å²) >= 11 is 0. The standard InChI is InChI=1S/C16H19NO2/c1-12(14-4-3-5-16(10-14)19-2)17-11-13-6-8-15(18)9-7-13/h3-10,12,17-18H,11H2,1-2H3/t12-/m0/s1. The molecule has 0 aliphatic carbocycles. The zero-order valence-electron chi connectivity index (χ0n) is 11.3. The Bertz CT molecular complexity index is 523. The number of benzene rings is 2. The second kappa shape index (κ2) is 6.25. The molecule has 0 saturated heterocycles. The summed E-state index contributed by atoms with van der Waals surface area (Å²) in [5, 5.41) is 12.7. The van der Waals surface area contributed by atoms with Gasteiger partial charge in [0.05, 0.1) is 7.11 Å². The summed E-state index contributed by atoms with van der Waals surface area (Å²) < 4.78 is 5.23. The van der Waals surface area contributed by atoms with Crippen LogP contribution in [0.2, 0.25) is 0 Å². The Morgan fingerprint density at radius 3 is 2.58 bits per heavy atom. The average molecular weight is 257 g/mol. The normalized spacial score (nSPS) is 12.1. The molecule has 0 amide bonds. The second-order valence-electron chi connectivity index (χ2n) is 4.55. The van der Waals surface area contributed by atoms with Gasteiger partial charge in [0.2, 0.25) is 0 Å². The van der Waals surface area contributed by atoms with Gasteiger partial charge in [-0.25, -0.2) is 0 Å². The predicted octanol–water partition coefficient (Wildman–Crippen LogP) is 3.25. The van der Waals surface area contributed by atoms with Gasteiger partial charge in [0.25, 0.3) is 0 Å². The number of methoxy groups -OCH3 is 1. The largest absolute Gasteiger partial charge is 0.508 e. The van der Waals surface area contributed by atoms with Crippen LogP contribution in [0.1, 0.15) is 24.1 Å². The number of rotatable bonds is 5. The van der Waals surface area contributed by atoms with Crippen molar-refractivity contribution in [2.75, 3.05) is 7.11 Å². The van der Waals surface area contributed by atoms with Crippen molar-refractivity contribution >= 4 is 0 Å². The van der Waals surface area contributed by atoms with Crippen molar-refractivity contribution in [3.63, 3.8) is 0 Å². The molecule has 2 aromatic carbocycles. The van der Waals surface area contributed by atoms with Gasteiger partial charge in [-0.3, -0.25) is 0 Å². The maximum atomic E-state index is 9.24. The van der Waals surface area contributed by atoms with E-state index in [2.05, 4.69) is 18.3 Å². The van der Waals surface area contributed by atoms with E-state index in [9.17, 15) is 5.11 Å². The van der Waals surface area contributed by atoms with Crippen molar-refractivity contribution in [2.45, 2.75) is 19.5 Å². The lowest BCUT2D eigenvalue weighted by molar-refractivity contribution is 0.413. The van der Waals surface area contributed by atoms with Crippen molar-refractivity contribution in [2.24, 2.45) is 0 Å². The average Bonchev–Trinajstić information content (AvgIpc) is 2.46. The predicted molar refractivity (Wildman–Crippen MR) is 76.4 cm³/mol. The lowest BCUT2D eigenvalue weighted by Gasteiger charge is -2.15. The van der Waals surface area contributed by atoms with Gasteiger partial charge in [-0.2, -0.15) is 0 Å². The van der Waals surface area contributed by atoms with Crippen LogP contribution in [0.4, 0.5) is 0 Å². The lowest BCUT2D eigenvalue weighted by atomic mass is 10.1. The maximum Gasteiger partial charge on any atom is 0.119 e. The second-order valence-corrected chi connectivity index (χ2v) is 4.55. The highest BCUT2D eigenvalue weighted by atomic mass is 16.5. The Hall–Kier alpha value is -2.00. The molecule has 0 radical (unpaired) electrons. The number of ether oxygens (including phenoxy) is 1. The summed E-state index contributed by atoms with van der Waals surface area (Å²) in [4.78, 5) is 0. The molecule has 1 atom stereocenters. The molecule has 0 unspecified atom stereocenters. The third-order valence-corrected chi connectivity index (χ3v) is 3.14. The van der Waals surface area contributed by atoms with Crippen molar-refractivity contribution in [1.82, 2.24) is 5.32 Å². The topological polar surface area (TPSA) is 41.5 Å². The number of phenolic OH excluding ortho intramolecular Hbond substituents is 1. The molecule has 2 N–H and O–H groups in total. The zero-order valence-corrected chi connectivity index (χ0v) is 11.3. The van der Waals surface area contributed by atoms with E-state index in [1.807, 2.05) is 30.3 Å². The molecule has 0 fully saturated rings. The molecular weight excluding hydrogens is 238 g/mol. The van der Waals surface area contributed by atoms with E-state index in [1.165, 1.54) is 5.56 Å². The molecule has 19 heavy (non-hydrogen) atoms. The molecule has 0 heterocycles. The van der Waals surface area contributed by atoms with Gasteiger partial charge in [-0.1, -0.05) is 24.3 Å². The minimum absolute atomic E-state index is 0.240. The summed E-state index contributed by atoms with van der Waals surface area (Å²) in [6, 6.07) is 15.5. The Morgan fingerprint density at radius 2 is 1.89 bits per heavy atom. The molecule has 0 aromatic heterocycles. The molecule has 2 rings (SSSR count). The van der Waals surface area contributed by atoms with Gasteiger partial charge in [-0.15, -0.1) is 0 Å². The molecule has 0 bridgehead atoms. The fourth-order valence-electron chi connectivity index (χ4n) is 1.91. The number of hydrogen-bond acceptors (Lipinski definition) is 3. The highest BCUT2D eigenvalue weighted by molar-refractivity contribution is 5.30. The molecule has 0 spiro atoms. The third-order valence-electron chi connectivity index (χ3n) is 3.14. The number of hydrogen-bond donors (Lipinski definition) is 2. The molecule has 2 aromatic rings. The van der Waals surface area contributed by atoms with Crippen molar-refractivity contribution in [1.29, 1.82) is 0 Å². The Labute approximate surface area is 113 Å². The van der Waals surface area contributed by atoms with Crippen LogP contribution < -0.4 is 10.1 Å². The van der Waals surface area contributed by atoms with E-state index in [4.69, 9.17) is 4.74 Å². The first kappa shape index (κ1) is 13.4. The first-order valence-electron chi connectivity index (χ1n) is 6.34. The van der Waals surface area contributed by atoms with E-state index in [-0.39, 0.29) is 6.04 Å². The molecule has 0 aliphatic heterocycles. The molecule has 3 nitrogen and oxygen atoms in total. The quantitative estimate of drug-likeness (QED) is 0.864. The summed E-state index contributed by atoms with van der Waals surface area (Å²) in [6.07, 6.45) is 0. The minimum Gasteiger partial charge on any atom is -0.508 e. The first-order chi connectivity index (χ1) is 9.19. The number of nitrogens with one attached hydrogen (secondary N) is 1. The van der Waals surface area contributed by atoms with Crippen LogP contribution in [0.3, 0.4) is 0 Å². The minimum atomic E-state index is 0.240. The molecular formula is C16H19NO2. The van der Waals surface area contributed by atoms with Gasteiger partial charge in [0.15, 0.2) is 0 Å². The third kappa shape index (κ3) is 3.73. The number of aromatic hydroxyl groups is 1. The van der Waals surface area contributed by atoms with Crippen LogP contribution in [0.25, 0.3) is 0 Å². The molecule has 0 saturated carbocycles. The van der Waals surface area contributed by atoms with E-state index in [1.54, 1.807) is 19.2 Å². The monoisotopic (exact) mass is 257 g/mol. The summed E-state index contributed by atoms with van der Waals surface area (Å²) in [6.45, 7) is 2.88. The van der Waals surface area contributed by atoms with Crippen LogP contribution in [-0.4, -0.2) is 12.2 Å². The van der Waals surface area contributed by atoms with Gasteiger partial charge in [0, 0.05) is 12.6 Å². The van der Waals surface area contributed by atoms with Crippen molar-refractivity contribution in [3.05, 3.63) is 59.7 Å². The maximum absolute atomic E-state index is 9.24. The summed E-state index contributed by atoms with van der Waals surface area (Å²) in [5.74, 6) is 1.17. The van der Waals surface area contributed by atoms with Crippen LogP contribution >= 0.6 is 0 Å². The van der Waals surface area contributed by atoms with Crippen LogP contribution in [-0.2, 0) is 6.54 Å². The summed E-state index contributed by atoms with van der Waals surface area (Å²) in [5.41, 5.74) is 2.34. The fraction of sp³-hybridized carbons (Fsp3) is 0.250. The van der Waals surface area contributed by atoms with E-state index in [0.29, 0.717) is 5.75 Å². The lowest BCUT2D eigenvalue weighted by Crippen LogP contribution is -2.18. The Morgan fingerprint density at radius 1 is 1.16 bits per heavy atom. The molecule has 100 valence electrons. The smallest absolute Gasteiger partial charge is 0.119 e. The number of phenols is 1. The zero-order chi connectivity index (χ0) is 13.7. The van der Waals surface area contributed by atoms with Gasteiger partial charge in [-0.05, 0) is 42.3 Å². The van der Waals surface area contributed by atoms with E-state index >= 15 is 0 Å². The Balaban J connectivity index is 1.96. The van der Waals surface area contributed by atoms with Crippen LogP contribution in [0.5, 0.6) is 11.5 Å². The fourth-order valence-corrected chi connectivity index (χ4v) is 1.91. The molecule has 0 aliphatic rings. The summed E-state index contributed by atoms with van der Waals surface area (Å²) in [7, 11) is 1.67. The van der Waals surface area contributed by atoms with Gasteiger partial charge >= 0.3 is 0 Å². The van der Waals surface area contributed by atoms with Gasteiger partial charge in [0.1, 0.15) is 11.5 Å². The highest BCUT2D eigenvalue weighted by Gasteiger charge is 2.05. The first-order valence-corrected chi connectivity index (χ1v) is 6.34. The highest BCUT2D eigenvalue weighted by Crippen LogP contribution is 2.19. The molecule has 3 heteroatoms. The van der Waals surface area contributed by atoms with Crippen LogP contribution in [0, 0.1) is 0 Å².